The zero-order chi connectivity index (χ0) is 21.4. The maximum Gasteiger partial charge on any atom is 0.418 e. The molecule has 0 aromatic heterocycles. The minimum Gasteiger partial charge on any atom is -0.495 e. The number of nitrogens with zero attached hydrogens (tertiary/aromatic N) is 1. The van der Waals surface area contributed by atoms with Crippen LogP contribution in [-0.2, 0) is 19.1 Å². The molecule has 8 heteroatoms. The van der Waals surface area contributed by atoms with Crippen molar-refractivity contribution in [2.24, 2.45) is 5.41 Å². The van der Waals surface area contributed by atoms with Crippen molar-refractivity contribution in [3.8, 4) is 5.75 Å². The monoisotopic (exact) mass is 390 g/mol. The van der Waals surface area contributed by atoms with Crippen LogP contribution < -0.4 is 10.1 Å². The summed E-state index contributed by atoms with van der Waals surface area (Å²) in [6, 6.07) is 3.44. The molecule has 0 saturated carbocycles. The van der Waals surface area contributed by atoms with Gasteiger partial charge in [0.1, 0.15) is 5.75 Å². The van der Waals surface area contributed by atoms with Crippen LogP contribution in [0.15, 0.2) is 18.2 Å². The van der Waals surface area contributed by atoms with Crippen molar-refractivity contribution in [1.29, 1.82) is 0 Å². The second-order valence-electron chi connectivity index (χ2n) is 8.26. The molecule has 28 heavy (non-hydrogen) atoms. The maximum absolute atomic E-state index is 13.1. The Balaban J connectivity index is 2.46. The molecule has 1 fully saturated rings. The Labute approximate surface area is 164 Å². The zero-order valence-corrected chi connectivity index (χ0v) is 17.2. The van der Waals surface area contributed by atoms with Gasteiger partial charge >= 0.3 is 6.09 Å². The number of rotatable bonds is 5. The summed E-state index contributed by atoms with van der Waals surface area (Å²) in [7, 11) is 1.45. The largest absolute Gasteiger partial charge is 0.495 e. The number of benzene rings is 1. The number of nitrogens with one attached hydrogen (secondary N) is 1. The lowest BCUT2D eigenvalue weighted by Crippen LogP contribution is -2.55. The van der Waals surface area contributed by atoms with Gasteiger partial charge in [-0.2, -0.15) is 0 Å². The molecule has 1 unspecified atom stereocenters. The molecule has 0 spiro atoms. The highest BCUT2D eigenvalue weighted by Gasteiger charge is 2.55. The number of hydrogen-bond acceptors (Lipinski definition) is 6. The number of hydrogen-bond donors (Lipinski definition) is 1. The van der Waals surface area contributed by atoms with E-state index in [1.807, 2.05) is 6.92 Å². The molecule has 1 aromatic rings. The van der Waals surface area contributed by atoms with E-state index in [0.717, 1.165) is 5.56 Å². The number of methoxy groups -OCH3 is 1. The van der Waals surface area contributed by atoms with Gasteiger partial charge in [0.2, 0.25) is 0 Å². The van der Waals surface area contributed by atoms with Crippen LogP contribution in [0.5, 0.6) is 5.75 Å². The number of Topliss-reactive ketones (excluding diaryl/α,β-unsaturated/α-hetero) is 1. The molecule has 1 heterocycles. The third-order valence-electron chi connectivity index (χ3n) is 4.38. The highest BCUT2D eigenvalue weighted by Crippen LogP contribution is 2.31. The van der Waals surface area contributed by atoms with Gasteiger partial charge in [0, 0.05) is 5.41 Å². The summed E-state index contributed by atoms with van der Waals surface area (Å²) in [5, 5.41) is 2.60. The first kappa shape index (κ1) is 21.4. The third kappa shape index (κ3) is 4.00. The van der Waals surface area contributed by atoms with Crippen LogP contribution in [0.4, 0.5) is 10.5 Å². The first-order chi connectivity index (χ1) is 12.8. The average Bonchev–Trinajstić information content (AvgIpc) is 2.77. The Hall–Kier alpha value is -2.90. The Morgan fingerprint density at radius 2 is 1.82 bits per heavy atom. The van der Waals surface area contributed by atoms with Crippen LogP contribution in [0.2, 0.25) is 0 Å². The number of imide groups is 1. The Bertz CT molecular complexity index is 838. The molecule has 0 radical (unpaired) electrons. The molecule has 1 N–H and O–H groups in total. The van der Waals surface area contributed by atoms with Crippen LogP contribution in [0, 0.1) is 12.3 Å². The number of ether oxygens (including phenoxy) is 2. The minimum atomic E-state index is -1.66. The molecule has 0 aliphatic carbocycles. The fourth-order valence-electron chi connectivity index (χ4n) is 2.77. The van der Waals surface area contributed by atoms with Crippen molar-refractivity contribution >= 4 is 29.4 Å². The Morgan fingerprint density at radius 3 is 2.29 bits per heavy atom. The Morgan fingerprint density at radius 1 is 1.21 bits per heavy atom. The summed E-state index contributed by atoms with van der Waals surface area (Å²) >= 11 is 0. The van der Waals surface area contributed by atoms with Crippen LogP contribution in [0.1, 0.15) is 40.2 Å². The van der Waals surface area contributed by atoms with Crippen molar-refractivity contribution in [2.45, 2.75) is 53.2 Å². The van der Waals surface area contributed by atoms with E-state index >= 15 is 0 Å². The first-order valence-electron chi connectivity index (χ1n) is 8.86. The molecule has 152 valence electrons. The van der Waals surface area contributed by atoms with E-state index < -0.39 is 40.7 Å². The number of carbonyl (C=O) groups excluding carboxylic acids is 4. The molecule has 1 saturated heterocycles. The topological polar surface area (TPSA) is 102 Å². The van der Waals surface area contributed by atoms with Crippen LogP contribution in [-0.4, -0.2) is 47.3 Å². The number of anilines is 1. The van der Waals surface area contributed by atoms with Gasteiger partial charge in [0.15, 0.2) is 17.4 Å². The quantitative estimate of drug-likeness (QED) is 0.776. The Kier molecular flexibility index (Phi) is 5.55. The van der Waals surface area contributed by atoms with Crippen molar-refractivity contribution in [3.05, 3.63) is 23.8 Å². The summed E-state index contributed by atoms with van der Waals surface area (Å²) in [5.41, 5.74) is -1.19. The second kappa shape index (κ2) is 7.26. The van der Waals surface area contributed by atoms with Gasteiger partial charge in [-0.15, -0.1) is 0 Å². The molecule has 3 amide bonds. The number of cyclic esters (lactones) is 1. The predicted octanol–water partition coefficient (Wildman–Crippen LogP) is 2.68. The van der Waals surface area contributed by atoms with Crippen LogP contribution in [0.25, 0.3) is 0 Å². The first-order valence-corrected chi connectivity index (χ1v) is 8.86. The standard InChI is InChI=1S/C20H26N2O6/c1-11-8-9-12(13(10-11)27-7)21-16(24)14(15(23)19(2,3)4)22-17(25)20(5,6)28-18(22)26/h8-10,14H,1-7H3,(H,21,24). The van der Waals surface area contributed by atoms with Crippen molar-refractivity contribution in [2.75, 3.05) is 12.4 Å². The van der Waals surface area contributed by atoms with E-state index in [2.05, 4.69) is 5.32 Å². The summed E-state index contributed by atoms with van der Waals surface area (Å²) in [4.78, 5) is 51.6. The highest BCUT2D eigenvalue weighted by atomic mass is 16.6. The number of ketones is 1. The van der Waals surface area contributed by atoms with Gasteiger partial charge in [-0.05, 0) is 38.5 Å². The minimum absolute atomic E-state index is 0.323. The fraction of sp³-hybridized carbons (Fsp3) is 0.500. The average molecular weight is 390 g/mol. The van der Waals surface area contributed by atoms with Gasteiger partial charge in [-0.3, -0.25) is 14.4 Å². The molecule has 0 bridgehead atoms. The van der Waals surface area contributed by atoms with E-state index in [0.29, 0.717) is 16.3 Å². The number of carbonyl (C=O) groups is 4. The van der Waals surface area contributed by atoms with Crippen molar-refractivity contribution < 1.29 is 28.7 Å². The van der Waals surface area contributed by atoms with Gasteiger partial charge < -0.3 is 14.8 Å². The molecule has 1 atom stereocenters. The SMILES string of the molecule is COc1cc(C)ccc1NC(=O)C(C(=O)C(C)(C)C)N1C(=O)OC(C)(C)C1=O. The van der Waals surface area contributed by atoms with Crippen molar-refractivity contribution in [3.63, 3.8) is 0 Å². The highest BCUT2D eigenvalue weighted by molar-refractivity contribution is 6.19. The molecule has 1 aromatic carbocycles. The fourth-order valence-corrected chi connectivity index (χ4v) is 2.77. The molecule has 2 rings (SSSR count). The van der Waals surface area contributed by atoms with E-state index in [4.69, 9.17) is 9.47 Å². The van der Waals surface area contributed by atoms with E-state index in [-0.39, 0.29) is 0 Å². The molecule has 1 aliphatic heterocycles. The molecule has 1 aliphatic rings. The lowest BCUT2D eigenvalue weighted by atomic mass is 9.85. The van der Waals surface area contributed by atoms with Gasteiger partial charge in [-0.1, -0.05) is 26.8 Å². The normalized spacial score (nSPS) is 17.2. The smallest absolute Gasteiger partial charge is 0.418 e. The number of aryl methyl sites for hydroxylation is 1. The second-order valence-corrected chi connectivity index (χ2v) is 8.26. The lowest BCUT2D eigenvalue weighted by Gasteiger charge is -2.28. The molecule has 8 nitrogen and oxygen atoms in total. The summed E-state index contributed by atoms with van der Waals surface area (Å²) < 4.78 is 10.3. The molecular formula is C20H26N2O6. The van der Waals surface area contributed by atoms with Crippen LogP contribution in [0.3, 0.4) is 0 Å². The zero-order valence-electron chi connectivity index (χ0n) is 17.2. The summed E-state index contributed by atoms with van der Waals surface area (Å²) in [6.45, 7) is 9.51. The molecular weight excluding hydrogens is 364 g/mol. The van der Waals surface area contributed by atoms with Gasteiger partial charge in [0.05, 0.1) is 12.8 Å². The predicted molar refractivity (Wildman–Crippen MR) is 102 cm³/mol. The summed E-state index contributed by atoms with van der Waals surface area (Å²) in [6.07, 6.45) is -1.02. The lowest BCUT2D eigenvalue weighted by molar-refractivity contribution is -0.145. The maximum atomic E-state index is 13.1. The van der Waals surface area contributed by atoms with Crippen LogP contribution >= 0.6 is 0 Å². The third-order valence-corrected chi connectivity index (χ3v) is 4.38. The van der Waals surface area contributed by atoms with Gasteiger partial charge in [-0.25, -0.2) is 9.69 Å². The van der Waals surface area contributed by atoms with E-state index in [1.54, 1.807) is 39.0 Å². The number of amides is 3. The van der Waals surface area contributed by atoms with Gasteiger partial charge in [0.25, 0.3) is 11.8 Å². The van der Waals surface area contributed by atoms with E-state index in [1.165, 1.54) is 21.0 Å². The summed E-state index contributed by atoms with van der Waals surface area (Å²) in [5.74, 6) is -1.75. The van der Waals surface area contributed by atoms with Crippen molar-refractivity contribution in [1.82, 2.24) is 4.90 Å². The van der Waals surface area contributed by atoms with E-state index in [9.17, 15) is 19.2 Å².